The number of nitrogens with two attached hydrogens (primary N) is 3. The van der Waals surface area contributed by atoms with Crippen LogP contribution in [0.2, 0.25) is 0 Å². The summed E-state index contributed by atoms with van der Waals surface area (Å²) in [7, 11) is 9.47. The summed E-state index contributed by atoms with van der Waals surface area (Å²) in [5, 5.41) is 0. The summed E-state index contributed by atoms with van der Waals surface area (Å²) in [4.78, 5) is 0. The van der Waals surface area contributed by atoms with Gasteiger partial charge in [0, 0.05) is 0 Å². The quantitative estimate of drug-likeness (QED) is 0.541. The molecule has 0 unspecified atom stereocenters. The van der Waals surface area contributed by atoms with E-state index in [1.807, 2.05) is 0 Å². The van der Waals surface area contributed by atoms with Gasteiger partial charge in [0.05, 0.1) is 0 Å². The number of hydrogen-bond donors (Lipinski definition) is 0. The Morgan fingerprint density at radius 2 is 0.833 bits per heavy atom. The third-order valence-electron chi connectivity index (χ3n) is 0. The molecule has 0 saturated heterocycles. The molecule has 0 aliphatic rings. The largest absolute Gasteiger partial charge is 0.693 e. The molecule has 6 heteroatoms. The summed E-state index contributed by atoms with van der Waals surface area (Å²) in [6.07, 6.45) is 0. The zero-order chi connectivity index (χ0) is 2.71. The molecule has 0 aromatic heterocycles. The second-order valence-electron chi connectivity index (χ2n) is 0.0476. The first kappa shape index (κ1) is 28.2. The second-order valence-corrected chi connectivity index (χ2v) is 1.77. The van der Waals surface area contributed by atoms with Crippen molar-refractivity contribution in [3.63, 3.8) is 0 Å². The van der Waals surface area contributed by atoms with E-state index in [-0.39, 0.29) is 18.5 Å². The van der Waals surface area contributed by atoms with E-state index < -0.39 is 0 Å². The van der Waals surface area contributed by atoms with Crippen LogP contribution in [0.3, 0.4) is 0 Å². The van der Waals surface area contributed by atoms with Crippen LogP contribution in [0.25, 0.3) is 18.5 Å². The van der Waals surface area contributed by atoms with Crippen molar-refractivity contribution in [3.8, 4) is 0 Å². The maximum absolute atomic E-state index is 4.73. The molecule has 6 heavy (non-hydrogen) atoms. The number of hydrogen-bond acceptors (Lipinski definition) is 0. The van der Waals surface area contributed by atoms with Crippen molar-refractivity contribution in [2.24, 2.45) is 0 Å². The fourth-order valence-corrected chi connectivity index (χ4v) is 0. The molecule has 0 atom stereocenters. The molecule has 6 N–H and O–H groups in total. The molecule has 0 aromatic carbocycles. The minimum absolute atomic E-state index is 0. The zero-order valence-electron chi connectivity index (χ0n) is 2.82. The maximum atomic E-state index is 4.73. The molecular formula is H6Cl2CoN3-3. The van der Waals surface area contributed by atoms with Gasteiger partial charge in [0.25, 0.3) is 0 Å². The SMILES string of the molecule is [Cl][Co][Cl].[NH2-].[NH2-].[NH2-]. The van der Waals surface area contributed by atoms with Crippen molar-refractivity contribution < 1.29 is 12.9 Å². The van der Waals surface area contributed by atoms with Crippen LogP contribution in [-0.2, 0) is 12.9 Å². The standard InChI is InChI=1S/2ClH.Co.3H2N/h2*1H;;3*1H2/q;;+2;3*-1/p-2. The molecule has 0 heterocycles. The molecule has 0 spiro atoms. The van der Waals surface area contributed by atoms with Crippen molar-refractivity contribution in [2.45, 2.75) is 0 Å². The first-order valence-electron chi connectivity index (χ1n) is 0.252. The molecule has 0 rings (SSSR count). The summed E-state index contributed by atoms with van der Waals surface area (Å²) < 4.78 is 0. The first-order valence-corrected chi connectivity index (χ1v) is 3.12. The number of halogens is 2. The van der Waals surface area contributed by atoms with Crippen LogP contribution in [-0.4, -0.2) is 0 Å². The van der Waals surface area contributed by atoms with Gasteiger partial charge in [-0.2, -0.15) is 0 Å². The molecular weight excluding hydrogens is 172 g/mol. The van der Waals surface area contributed by atoms with Crippen molar-refractivity contribution in [1.82, 2.24) is 0 Å². The Morgan fingerprint density at radius 3 is 0.833 bits per heavy atom. The van der Waals surface area contributed by atoms with Gasteiger partial charge in [-0.3, -0.25) is 0 Å². The summed E-state index contributed by atoms with van der Waals surface area (Å²) in [5.74, 6) is 0. The smallest absolute Gasteiger partial charge is 0.693 e. The van der Waals surface area contributed by atoms with Crippen molar-refractivity contribution in [1.29, 1.82) is 0 Å². The summed E-state index contributed by atoms with van der Waals surface area (Å²) in [6.45, 7) is 0. The Balaban J connectivity index is -0.00000000667. The van der Waals surface area contributed by atoms with Crippen molar-refractivity contribution in [3.05, 3.63) is 18.5 Å². The number of rotatable bonds is 0. The predicted molar refractivity (Wildman–Crippen MR) is 27.6 cm³/mol. The average molecular weight is 178 g/mol. The third-order valence-corrected chi connectivity index (χ3v) is 0. The van der Waals surface area contributed by atoms with Gasteiger partial charge in [-0.05, 0) is 0 Å². The zero-order valence-corrected chi connectivity index (χ0v) is 5.37. The fraction of sp³-hybridized carbons (Fsp3) is 0. The Kier molecular flexibility index (Phi) is 179. The van der Waals surface area contributed by atoms with Gasteiger partial charge in [-0.1, -0.05) is 0 Å². The first-order chi connectivity index (χ1) is 1.41. The van der Waals surface area contributed by atoms with E-state index in [2.05, 4.69) is 0 Å². The molecule has 0 radical (unpaired) electrons. The average Bonchev–Trinajstić information content (AvgIpc) is 0.918. The van der Waals surface area contributed by atoms with E-state index in [9.17, 15) is 0 Å². The van der Waals surface area contributed by atoms with E-state index in [1.54, 1.807) is 0 Å². The van der Waals surface area contributed by atoms with Crippen LogP contribution >= 0.6 is 20.3 Å². The van der Waals surface area contributed by atoms with E-state index in [4.69, 9.17) is 20.3 Å². The Hall–Kier alpha value is 0.966. The molecule has 3 nitrogen and oxygen atoms in total. The summed E-state index contributed by atoms with van der Waals surface area (Å²) in [6, 6.07) is 0. The Morgan fingerprint density at radius 1 is 0.833 bits per heavy atom. The van der Waals surface area contributed by atoms with Gasteiger partial charge in [-0.25, -0.2) is 0 Å². The minimum Gasteiger partial charge on any atom is -0.693 e. The topological polar surface area (TPSA) is 100 Å². The Bertz CT molecular complexity index is 8.75. The minimum atomic E-state index is 0. The predicted octanol–water partition coefficient (Wildman–Crippen LogP) is 3.53. The maximum Gasteiger partial charge on any atom is -0.693 e. The van der Waals surface area contributed by atoms with Crippen LogP contribution < -0.4 is 0 Å². The second kappa shape index (κ2) is 38.1. The molecule has 0 saturated carbocycles. The molecule has 0 amide bonds. The molecule has 0 aromatic rings. The van der Waals surface area contributed by atoms with Gasteiger partial charge in [-0.15, -0.1) is 0 Å². The van der Waals surface area contributed by atoms with Crippen LogP contribution in [0.5, 0.6) is 0 Å². The fourth-order valence-electron chi connectivity index (χ4n) is 0. The molecule has 0 aliphatic carbocycles. The van der Waals surface area contributed by atoms with Gasteiger partial charge in [0.1, 0.15) is 0 Å². The van der Waals surface area contributed by atoms with Gasteiger partial charge in [0.2, 0.25) is 0 Å². The van der Waals surface area contributed by atoms with Crippen molar-refractivity contribution >= 4 is 20.3 Å². The van der Waals surface area contributed by atoms with E-state index in [0.29, 0.717) is 12.9 Å². The monoisotopic (exact) mass is 177 g/mol. The van der Waals surface area contributed by atoms with E-state index in [1.165, 1.54) is 0 Å². The van der Waals surface area contributed by atoms with E-state index in [0.717, 1.165) is 0 Å². The van der Waals surface area contributed by atoms with Crippen LogP contribution in [0.15, 0.2) is 0 Å². The molecule has 0 fully saturated rings. The summed E-state index contributed by atoms with van der Waals surface area (Å²) in [5.41, 5.74) is 0. The Labute approximate surface area is 52.0 Å². The van der Waals surface area contributed by atoms with Crippen LogP contribution in [0.4, 0.5) is 0 Å². The molecule has 0 bridgehead atoms. The van der Waals surface area contributed by atoms with Gasteiger partial charge < -0.3 is 18.5 Å². The van der Waals surface area contributed by atoms with Gasteiger partial charge >= 0.3 is 33.2 Å². The normalized spacial score (nSPS) is 3.67. The van der Waals surface area contributed by atoms with Crippen LogP contribution in [0.1, 0.15) is 0 Å². The summed E-state index contributed by atoms with van der Waals surface area (Å²) >= 11 is 0.382. The van der Waals surface area contributed by atoms with Gasteiger partial charge in [0.15, 0.2) is 0 Å². The van der Waals surface area contributed by atoms with Crippen molar-refractivity contribution in [2.75, 3.05) is 0 Å². The molecule has 0 aliphatic heterocycles. The molecule has 47 valence electrons. The third kappa shape index (κ3) is 83.6. The van der Waals surface area contributed by atoms with Crippen LogP contribution in [0, 0.1) is 0 Å². The van der Waals surface area contributed by atoms with E-state index >= 15 is 0 Å².